The first-order valence-electron chi connectivity index (χ1n) is 8.02. The van der Waals surface area contributed by atoms with Crippen LogP contribution in [0.5, 0.6) is 0 Å². The maximum atomic E-state index is 4.36. The third-order valence-electron chi connectivity index (χ3n) is 4.31. The number of anilines is 1. The fourth-order valence-electron chi connectivity index (χ4n) is 3.14. The summed E-state index contributed by atoms with van der Waals surface area (Å²) in [6.45, 7) is 3.72. The fourth-order valence-corrected chi connectivity index (χ4v) is 3.14. The monoisotopic (exact) mass is 304 g/mol. The number of benzene rings is 2. The smallest absolute Gasteiger partial charge is 0.0923 e. The van der Waals surface area contributed by atoms with Crippen LogP contribution in [0.15, 0.2) is 61.1 Å². The summed E-state index contributed by atoms with van der Waals surface area (Å²) >= 11 is 0. The summed E-state index contributed by atoms with van der Waals surface area (Å²) < 4.78 is 0. The molecule has 0 spiro atoms. The first-order valence-corrected chi connectivity index (χ1v) is 8.02. The number of nitrogens with zero attached hydrogens (tertiary/aromatic N) is 2. The highest BCUT2D eigenvalue weighted by Crippen LogP contribution is 2.29. The van der Waals surface area contributed by atoms with Crippen LogP contribution < -0.4 is 10.2 Å². The predicted octanol–water partition coefficient (Wildman–Crippen LogP) is 3.19. The van der Waals surface area contributed by atoms with Crippen LogP contribution in [0.1, 0.15) is 11.3 Å². The number of hydrogen-bond acceptors (Lipinski definition) is 3. The SMILES string of the molecule is c1ccc(-c2ccc3c(c2)CNCCN3Cc2c[nH]cn2)cc1. The summed E-state index contributed by atoms with van der Waals surface area (Å²) in [5.41, 5.74) is 6.26. The third-order valence-corrected chi connectivity index (χ3v) is 4.31. The summed E-state index contributed by atoms with van der Waals surface area (Å²) in [6, 6.07) is 17.3. The van der Waals surface area contributed by atoms with Crippen molar-refractivity contribution in [2.75, 3.05) is 18.0 Å². The molecule has 3 aromatic rings. The molecule has 2 aromatic carbocycles. The maximum Gasteiger partial charge on any atom is 0.0923 e. The van der Waals surface area contributed by atoms with E-state index in [-0.39, 0.29) is 0 Å². The average Bonchev–Trinajstić information content (AvgIpc) is 3.03. The number of rotatable bonds is 3. The highest BCUT2D eigenvalue weighted by Gasteiger charge is 2.16. The van der Waals surface area contributed by atoms with Gasteiger partial charge < -0.3 is 15.2 Å². The van der Waals surface area contributed by atoms with Crippen molar-refractivity contribution in [3.8, 4) is 11.1 Å². The second-order valence-corrected chi connectivity index (χ2v) is 5.87. The van der Waals surface area contributed by atoms with Gasteiger partial charge in [0.2, 0.25) is 0 Å². The maximum absolute atomic E-state index is 4.36. The van der Waals surface area contributed by atoms with Gasteiger partial charge in [-0.05, 0) is 28.8 Å². The molecule has 4 rings (SSSR count). The zero-order valence-corrected chi connectivity index (χ0v) is 13.0. The largest absolute Gasteiger partial charge is 0.364 e. The number of aromatic amines is 1. The predicted molar refractivity (Wildman–Crippen MR) is 93.2 cm³/mol. The molecule has 0 amide bonds. The molecule has 0 bridgehead atoms. The van der Waals surface area contributed by atoms with Crippen molar-refractivity contribution in [2.45, 2.75) is 13.1 Å². The lowest BCUT2D eigenvalue weighted by atomic mass is 10.0. The van der Waals surface area contributed by atoms with E-state index in [0.29, 0.717) is 0 Å². The Labute approximate surface area is 136 Å². The molecule has 1 aromatic heterocycles. The van der Waals surface area contributed by atoms with Crippen molar-refractivity contribution >= 4 is 5.69 Å². The molecule has 116 valence electrons. The van der Waals surface area contributed by atoms with E-state index in [4.69, 9.17) is 0 Å². The van der Waals surface area contributed by atoms with Gasteiger partial charge in [0.1, 0.15) is 0 Å². The van der Waals surface area contributed by atoms with Gasteiger partial charge in [0, 0.05) is 31.5 Å². The van der Waals surface area contributed by atoms with Crippen molar-refractivity contribution < 1.29 is 0 Å². The molecule has 0 fully saturated rings. The van der Waals surface area contributed by atoms with E-state index in [1.54, 1.807) is 6.33 Å². The molecule has 23 heavy (non-hydrogen) atoms. The number of aromatic nitrogens is 2. The molecule has 0 radical (unpaired) electrons. The number of fused-ring (bicyclic) bond motifs is 1. The third kappa shape index (κ3) is 2.98. The van der Waals surface area contributed by atoms with Gasteiger partial charge in [-0.3, -0.25) is 0 Å². The summed E-state index contributed by atoms with van der Waals surface area (Å²) in [5, 5.41) is 3.52. The van der Waals surface area contributed by atoms with Gasteiger partial charge >= 0.3 is 0 Å². The zero-order valence-electron chi connectivity index (χ0n) is 13.0. The zero-order chi connectivity index (χ0) is 15.5. The molecule has 1 aliphatic heterocycles. The lowest BCUT2D eigenvalue weighted by Gasteiger charge is -2.24. The summed E-state index contributed by atoms with van der Waals surface area (Å²) in [4.78, 5) is 9.80. The van der Waals surface area contributed by atoms with Crippen LogP contribution in [-0.2, 0) is 13.1 Å². The van der Waals surface area contributed by atoms with Crippen LogP contribution in [0.2, 0.25) is 0 Å². The Hall–Kier alpha value is -2.59. The highest BCUT2D eigenvalue weighted by atomic mass is 15.2. The number of H-pyrrole nitrogens is 1. The quantitative estimate of drug-likeness (QED) is 0.781. The van der Waals surface area contributed by atoms with E-state index in [1.165, 1.54) is 22.4 Å². The molecule has 4 nitrogen and oxygen atoms in total. The van der Waals surface area contributed by atoms with E-state index >= 15 is 0 Å². The molecule has 0 saturated heterocycles. The molecule has 4 heteroatoms. The Balaban J connectivity index is 1.68. The minimum Gasteiger partial charge on any atom is -0.364 e. The van der Waals surface area contributed by atoms with Crippen LogP contribution in [0.3, 0.4) is 0 Å². The van der Waals surface area contributed by atoms with Crippen LogP contribution in [0.4, 0.5) is 5.69 Å². The second kappa shape index (κ2) is 6.26. The molecule has 0 unspecified atom stereocenters. The minimum absolute atomic E-state index is 0.836. The van der Waals surface area contributed by atoms with Gasteiger partial charge in [0.15, 0.2) is 0 Å². The van der Waals surface area contributed by atoms with Crippen LogP contribution >= 0.6 is 0 Å². The summed E-state index contributed by atoms with van der Waals surface area (Å²) in [5.74, 6) is 0. The van der Waals surface area contributed by atoms with E-state index < -0.39 is 0 Å². The Bertz CT molecular complexity index is 765. The molecular weight excluding hydrogens is 284 g/mol. The number of nitrogens with one attached hydrogen (secondary N) is 2. The van der Waals surface area contributed by atoms with Gasteiger partial charge in [-0.25, -0.2) is 4.98 Å². The van der Waals surface area contributed by atoms with Crippen LogP contribution in [0.25, 0.3) is 11.1 Å². The topological polar surface area (TPSA) is 44.0 Å². The normalized spacial score (nSPS) is 14.3. The number of imidazole rings is 1. The Morgan fingerprint density at radius 3 is 2.78 bits per heavy atom. The molecule has 0 saturated carbocycles. The van der Waals surface area contributed by atoms with E-state index in [9.17, 15) is 0 Å². The highest BCUT2D eigenvalue weighted by molar-refractivity contribution is 5.69. The summed E-state index contributed by atoms with van der Waals surface area (Å²) in [6.07, 6.45) is 3.71. The first kappa shape index (κ1) is 14.0. The van der Waals surface area contributed by atoms with E-state index in [1.807, 2.05) is 6.20 Å². The van der Waals surface area contributed by atoms with Gasteiger partial charge in [0.25, 0.3) is 0 Å². The van der Waals surface area contributed by atoms with Gasteiger partial charge in [-0.1, -0.05) is 36.4 Å². The van der Waals surface area contributed by atoms with Crippen molar-refractivity contribution in [3.63, 3.8) is 0 Å². The van der Waals surface area contributed by atoms with Crippen LogP contribution in [0, 0.1) is 0 Å². The molecule has 2 heterocycles. The van der Waals surface area contributed by atoms with E-state index in [0.717, 1.165) is 31.9 Å². The van der Waals surface area contributed by atoms with Crippen molar-refractivity contribution in [1.29, 1.82) is 0 Å². The Morgan fingerprint density at radius 2 is 1.96 bits per heavy atom. The molecule has 2 N–H and O–H groups in total. The minimum atomic E-state index is 0.836. The molecule has 0 aliphatic carbocycles. The lowest BCUT2D eigenvalue weighted by Crippen LogP contribution is -2.28. The fraction of sp³-hybridized carbons (Fsp3) is 0.211. The van der Waals surface area contributed by atoms with Gasteiger partial charge in [-0.15, -0.1) is 0 Å². The van der Waals surface area contributed by atoms with Crippen molar-refractivity contribution in [1.82, 2.24) is 15.3 Å². The Morgan fingerprint density at radius 1 is 1.04 bits per heavy atom. The number of hydrogen-bond donors (Lipinski definition) is 2. The molecule has 1 aliphatic rings. The average molecular weight is 304 g/mol. The van der Waals surface area contributed by atoms with Gasteiger partial charge in [0.05, 0.1) is 18.6 Å². The summed E-state index contributed by atoms with van der Waals surface area (Å²) in [7, 11) is 0. The van der Waals surface area contributed by atoms with Crippen molar-refractivity contribution in [2.24, 2.45) is 0 Å². The van der Waals surface area contributed by atoms with Crippen molar-refractivity contribution in [3.05, 3.63) is 72.3 Å². The lowest BCUT2D eigenvalue weighted by molar-refractivity contribution is 0.685. The second-order valence-electron chi connectivity index (χ2n) is 5.87. The van der Waals surface area contributed by atoms with Gasteiger partial charge in [-0.2, -0.15) is 0 Å². The van der Waals surface area contributed by atoms with E-state index in [2.05, 4.69) is 68.7 Å². The molecule has 0 atom stereocenters. The first-order chi connectivity index (χ1) is 11.4. The van der Waals surface area contributed by atoms with Crippen LogP contribution in [-0.4, -0.2) is 23.1 Å². The standard InChI is InChI=1S/C19H20N4/c1-2-4-15(5-3-1)16-6-7-19-17(10-16)11-20-8-9-23(19)13-18-12-21-14-22-18/h1-7,10,12,14,20H,8-9,11,13H2,(H,21,22). The molecular formula is C19H20N4. The Kier molecular flexibility index (Phi) is 3.82.